The lowest BCUT2D eigenvalue weighted by Crippen LogP contribution is -2.39. The Morgan fingerprint density at radius 3 is 2.71 bits per heavy atom. The number of nitrogens with zero attached hydrogens (tertiary/aromatic N) is 1. The van der Waals surface area contributed by atoms with Crippen molar-refractivity contribution in [3.05, 3.63) is 27.7 Å². The summed E-state index contributed by atoms with van der Waals surface area (Å²) in [5.74, 6) is 0.379. The molecule has 0 aliphatic carbocycles. The van der Waals surface area contributed by atoms with Gasteiger partial charge >= 0.3 is 0 Å². The molecule has 4 nitrogen and oxygen atoms in total. The average Bonchev–Trinajstić information content (AvgIpc) is 2.49. The van der Waals surface area contributed by atoms with E-state index in [0.29, 0.717) is 24.6 Å². The predicted molar refractivity (Wildman–Crippen MR) is 84.2 cm³/mol. The third-order valence-corrected chi connectivity index (χ3v) is 6.59. The summed E-state index contributed by atoms with van der Waals surface area (Å²) in [6.07, 6.45) is 2.85. The number of hydrogen-bond donors (Lipinski definition) is 1. The van der Waals surface area contributed by atoms with E-state index in [-0.39, 0.29) is 21.5 Å². The molecule has 0 saturated carbocycles. The summed E-state index contributed by atoms with van der Waals surface area (Å²) in [4.78, 5) is -0.0162. The van der Waals surface area contributed by atoms with Crippen LogP contribution in [0, 0.1) is 5.92 Å². The van der Waals surface area contributed by atoms with Gasteiger partial charge in [0.15, 0.2) is 0 Å². The van der Waals surface area contributed by atoms with Gasteiger partial charge in [0, 0.05) is 18.1 Å². The average molecular weight is 352 g/mol. The third-order valence-electron chi connectivity index (χ3n) is 3.93. The number of hydrogen-bond acceptors (Lipinski definition) is 3. The van der Waals surface area contributed by atoms with Crippen molar-refractivity contribution in [1.82, 2.24) is 4.31 Å². The molecule has 1 unspecified atom stereocenters. The Balaban J connectivity index is 2.42. The summed E-state index contributed by atoms with van der Waals surface area (Å²) in [5.41, 5.74) is 0.326. The van der Waals surface area contributed by atoms with Crippen LogP contribution in [0.15, 0.2) is 17.0 Å². The lowest BCUT2D eigenvalue weighted by atomic mass is 9.97. The summed E-state index contributed by atoms with van der Waals surface area (Å²) >= 11 is 12.1. The highest BCUT2D eigenvalue weighted by atomic mass is 35.5. The molecule has 1 aromatic carbocycles. The van der Waals surface area contributed by atoms with Crippen LogP contribution in [0.4, 0.5) is 0 Å². The van der Waals surface area contributed by atoms with Crippen molar-refractivity contribution in [3.63, 3.8) is 0 Å². The number of aliphatic hydroxyl groups is 1. The first-order valence-electron chi connectivity index (χ1n) is 6.99. The molecular weight excluding hydrogens is 333 g/mol. The normalized spacial score (nSPS) is 20.7. The largest absolute Gasteiger partial charge is 0.392 e. The second kappa shape index (κ2) is 6.84. The maximum Gasteiger partial charge on any atom is 0.244 e. The number of benzene rings is 1. The van der Waals surface area contributed by atoms with Crippen molar-refractivity contribution >= 4 is 33.2 Å². The third kappa shape index (κ3) is 3.54. The molecule has 2 rings (SSSR count). The minimum Gasteiger partial charge on any atom is -0.392 e. The van der Waals surface area contributed by atoms with Gasteiger partial charge < -0.3 is 5.11 Å². The zero-order valence-electron chi connectivity index (χ0n) is 11.8. The molecule has 0 amide bonds. The first-order chi connectivity index (χ1) is 9.90. The van der Waals surface area contributed by atoms with E-state index in [4.69, 9.17) is 23.2 Å². The van der Waals surface area contributed by atoms with Crippen LogP contribution in [0.5, 0.6) is 0 Å². The van der Waals surface area contributed by atoms with E-state index in [1.807, 2.05) is 0 Å². The van der Waals surface area contributed by atoms with Crippen LogP contribution < -0.4 is 0 Å². The lowest BCUT2D eigenvalue weighted by molar-refractivity contribution is 0.261. The highest BCUT2D eigenvalue weighted by Crippen LogP contribution is 2.33. The minimum atomic E-state index is -3.68. The summed E-state index contributed by atoms with van der Waals surface area (Å²) < 4.78 is 27.1. The Hall–Kier alpha value is -0.330. The molecule has 0 radical (unpaired) electrons. The zero-order chi connectivity index (χ0) is 15.6. The minimum absolute atomic E-state index is 0.0162. The highest BCUT2D eigenvalue weighted by Gasteiger charge is 2.32. The molecule has 1 aliphatic heterocycles. The molecule has 118 valence electrons. The van der Waals surface area contributed by atoms with Gasteiger partial charge in [0.1, 0.15) is 4.90 Å². The predicted octanol–water partition coefficient (Wildman–Crippen LogP) is 3.30. The van der Waals surface area contributed by atoms with Gasteiger partial charge in [-0.25, -0.2) is 8.42 Å². The van der Waals surface area contributed by atoms with E-state index in [1.54, 1.807) is 0 Å². The fourth-order valence-electron chi connectivity index (χ4n) is 2.64. The Labute approximate surface area is 135 Å². The Bertz CT molecular complexity index is 619. The van der Waals surface area contributed by atoms with Crippen LogP contribution in [-0.4, -0.2) is 30.9 Å². The van der Waals surface area contributed by atoms with Crippen molar-refractivity contribution in [2.24, 2.45) is 5.92 Å². The van der Waals surface area contributed by atoms with Crippen LogP contribution in [0.1, 0.15) is 31.7 Å². The number of sulfonamides is 1. The van der Waals surface area contributed by atoms with Crippen LogP contribution in [0.3, 0.4) is 0 Å². The number of halogens is 2. The van der Waals surface area contributed by atoms with Gasteiger partial charge in [-0.15, -0.1) is 0 Å². The number of piperidine rings is 1. The smallest absolute Gasteiger partial charge is 0.244 e. The Morgan fingerprint density at radius 2 is 2.10 bits per heavy atom. The number of aliphatic hydroxyl groups excluding tert-OH is 1. The summed E-state index contributed by atoms with van der Waals surface area (Å²) in [5, 5.41) is 9.58. The van der Waals surface area contributed by atoms with Crippen LogP contribution in [-0.2, 0) is 16.6 Å². The van der Waals surface area contributed by atoms with E-state index in [1.165, 1.54) is 16.4 Å². The van der Waals surface area contributed by atoms with E-state index in [2.05, 4.69) is 6.92 Å². The molecule has 1 fully saturated rings. The molecule has 1 aliphatic rings. The monoisotopic (exact) mass is 351 g/mol. The molecule has 0 bridgehead atoms. The molecule has 0 aromatic heterocycles. The van der Waals surface area contributed by atoms with Crippen molar-refractivity contribution < 1.29 is 13.5 Å². The molecular formula is C14H19Cl2NO3S. The standard InChI is InChI=1S/C14H19Cl2NO3S/c1-2-10-4-3-5-17(8-10)21(19,20)13-7-12(15)6-11(9-18)14(13)16/h6-7,10,18H,2-5,8-9H2,1H3. The van der Waals surface area contributed by atoms with Gasteiger partial charge in [0.25, 0.3) is 0 Å². The van der Waals surface area contributed by atoms with Gasteiger partial charge in [-0.2, -0.15) is 4.31 Å². The zero-order valence-corrected chi connectivity index (χ0v) is 14.2. The molecule has 7 heteroatoms. The SMILES string of the molecule is CCC1CCCN(S(=O)(=O)c2cc(Cl)cc(CO)c2Cl)C1. The first-order valence-corrected chi connectivity index (χ1v) is 9.18. The van der Waals surface area contributed by atoms with Gasteiger partial charge in [0.2, 0.25) is 10.0 Å². The van der Waals surface area contributed by atoms with E-state index in [9.17, 15) is 13.5 Å². The van der Waals surface area contributed by atoms with Gasteiger partial charge in [-0.3, -0.25) is 0 Å². The van der Waals surface area contributed by atoms with Gasteiger partial charge in [-0.05, 0) is 36.5 Å². The summed E-state index contributed by atoms with van der Waals surface area (Å²) in [6, 6.07) is 2.84. The van der Waals surface area contributed by atoms with Crippen molar-refractivity contribution in [2.45, 2.75) is 37.7 Å². The first kappa shape index (κ1) is 17.0. The molecule has 1 aromatic rings. The van der Waals surface area contributed by atoms with E-state index in [0.717, 1.165) is 19.3 Å². The summed E-state index contributed by atoms with van der Waals surface area (Å²) in [6.45, 7) is 2.72. The lowest BCUT2D eigenvalue weighted by Gasteiger charge is -2.31. The van der Waals surface area contributed by atoms with Crippen molar-refractivity contribution in [3.8, 4) is 0 Å². The maximum absolute atomic E-state index is 12.8. The molecule has 1 heterocycles. The van der Waals surface area contributed by atoms with Gasteiger partial charge in [-0.1, -0.05) is 36.5 Å². The quantitative estimate of drug-likeness (QED) is 0.905. The Morgan fingerprint density at radius 1 is 1.38 bits per heavy atom. The van der Waals surface area contributed by atoms with Crippen LogP contribution in [0.25, 0.3) is 0 Å². The molecule has 0 spiro atoms. The van der Waals surface area contributed by atoms with E-state index < -0.39 is 10.0 Å². The summed E-state index contributed by atoms with van der Waals surface area (Å²) in [7, 11) is -3.68. The highest BCUT2D eigenvalue weighted by molar-refractivity contribution is 7.89. The second-order valence-corrected chi connectivity index (χ2v) is 8.04. The van der Waals surface area contributed by atoms with Crippen molar-refractivity contribution in [2.75, 3.05) is 13.1 Å². The van der Waals surface area contributed by atoms with E-state index >= 15 is 0 Å². The molecule has 1 atom stereocenters. The molecule has 1 saturated heterocycles. The molecule has 1 N–H and O–H groups in total. The number of rotatable bonds is 4. The van der Waals surface area contributed by atoms with Crippen LogP contribution >= 0.6 is 23.2 Å². The fourth-order valence-corrected chi connectivity index (χ4v) is 5.09. The van der Waals surface area contributed by atoms with Gasteiger partial charge in [0.05, 0.1) is 11.6 Å². The van der Waals surface area contributed by atoms with Crippen molar-refractivity contribution in [1.29, 1.82) is 0 Å². The second-order valence-electron chi connectivity index (χ2n) is 5.31. The molecule has 21 heavy (non-hydrogen) atoms. The maximum atomic E-state index is 12.8. The topological polar surface area (TPSA) is 57.6 Å². The van der Waals surface area contributed by atoms with Crippen LogP contribution in [0.2, 0.25) is 10.0 Å². The Kier molecular flexibility index (Phi) is 5.54. The fraction of sp³-hybridized carbons (Fsp3) is 0.571.